The number of halogens is 1. The second kappa shape index (κ2) is 10.4. The van der Waals surface area contributed by atoms with Crippen molar-refractivity contribution in [1.29, 1.82) is 0 Å². The van der Waals surface area contributed by atoms with Crippen molar-refractivity contribution in [3.63, 3.8) is 0 Å². The predicted molar refractivity (Wildman–Crippen MR) is 138 cm³/mol. The summed E-state index contributed by atoms with van der Waals surface area (Å²) in [6.45, 7) is 4.52. The van der Waals surface area contributed by atoms with E-state index in [2.05, 4.69) is 30.6 Å². The van der Waals surface area contributed by atoms with E-state index < -0.39 is 5.41 Å². The van der Waals surface area contributed by atoms with Crippen molar-refractivity contribution in [3.8, 4) is 11.5 Å². The average Bonchev–Trinajstić information content (AvgIpc) is 3.23. The van der Waals surface area contributed by atoms with Gasteiger partial charge in [-0.05, 0) is 67.1 Å². The van der Waals surface area contributed by atoms with Crippen molar-refractivity contribution in [2.75, 3.05) is 26.6 Å². The van der Waals surface area contributed by atoms with Gasteiger partial charge < -0.3 is 19.5 Å². The minimum absolute atomic E-state index is 0.151. The molecule has 0 aliphatic heterocycles. The van der Waals surface area contributed by atoms with Crippen molar-refractivity contribution in [2.45, 2.75) is 52.0 Å². The summed E-state index contributed by atoms with van der Waals surface area (Å²) >= 11 is 3.67. The Hall–Kier alpha value is -2.81. The molecule has 1 saturated carbocycles. The first-order valence-corrected chi connectivity index (χ1v) is 12.6. The maximum atomic E-state index is 12.4. The van der Waals surface area contributed by atoms with Crippen molar-refractivity contribution in [2.24, 2.45) is 11.3 Å². The van der Waals surface area contributed by atoms with E-state index in [9.17, 15) is 4.79 Å². The van der Waals surface area contributed by atoms with Crippen LogP contribution in [0.1, 0.15) is 56.8 Å². The number of nitrogens with zero attached hydrogens (tertiary/aromatic N) is 3. The number of benzene rings is 1. The van der Waals surface area contributed by atoms with E-state index in [0.717, 1.165) is 64.5 Å². The van der Waals surface area contributed by atoms with Crippen LogP contribution in [0.4, 0.5) is 5.82 Å². The van der Waals surface area contributed by atoms with E-state index in [1.165, 1.54) is 7.11 Å². The summed E-state index contributed by atoms with van der Waals surface area (Å²) in [5, 5.41) is 3.44. The van der Waals surface area contributed by atoms with Crippen molar-refractivity contribution >= 4 is 33.2 Å². The van der Waals surface area contributed by atoms with E-state index in [1.807, 2.05) is 38.2 Å². The predicted octanol–water partition coefficient (Wildman–Crippen LogP) is 5.59. The number of hydrogen-bond donors (Lipinski definition) is 1. The van der Waals surface area contributed by atoms with Crippen LogP contribution in [-0.4, -0.2) is 41.7 Å². The Morgan fingerprint density at radius 3 is 2.74 bits per heavy atom. The van der Waals surface area contributed by atoms with Gasteiger partial charge in [-0.2, -0.15) is 0 Å². The Labute approximate surface area is 214 Å². The molecule has 1 N–H and O–H groups in total. The van der Waals surface area contributed by atoms with Crippen LogP contribution in [0.25, 0.3) is 5.52 Å². The number of carbonyl (C=O) groups excluding carboxylic acids is 1. The molecule has 0 amide bonds. The van der Waals surface area contributed by atoms with Crippen molar-refractivity contribution in [3.05, 3.63) is 46.6 Å². The fourth-order valence-electron chi connectivity index (χ4n) is 5.12. The van der Waals surface area contributed by atoms with Gasteiger partial charge in [0.05, 0.1) is 26.7 Å². The highest BCUT2D eigenvalue weighted by molar-refractivity contribution is 9.10. The second-order valence-electron chi connectivity index (χ2n) is 9.56. The molecule has 0 saturated heterocycles. The smallest absolute Gasteiger partial charge is 0.311 e. The topological polar surface area (TPSA) is 87.0 Å². The minimum Gasteiger partial charge on any atom is -0.497 e. The standard InChI is InChI=1S/C26H33BrN4O4/c1-26(2,25(32)35-5)18-8-6-7-16(13-18)24-30-22(27)21-23(28-11-12-31(21)24)29-15-17-9-10-19(33-3)14-20(17)34-4/h9-12,14,16,18H,6-8,13,15H2,1-5H3,(H,28,29). The van der Waals surface area contributed by atoms with Gasteiger partial charge in [0.1, 0.15) is 27.4 Å². The molecule has 2 unspecified atom stereocenters. The Morgan fingerprint density at radius 2 is 2.03 bits per heavy atom. The lowest BCUT2D eigenvalue weighted by molar-refractivity contribution is -0.154. The maximum absolute atomic E-state index is 12.4. The average molecular weight is 545 g/mol. The first-order chi connectivity index (χ1) is 16.8. The fourth-order valence-corrected chi connectivity index (χ4v) is 5.68. The number of hydrogen-bond acceptors (Lipinski definition) is 7. The fraction of sp³-hybridized carbons (Fsp3) is 0.500. The van der Waals surface area contributed by atoms with Gasteiger partial charge in [0.15, 0.2) is 5.82 Å². The molecule has 0 bridgehead atoms. The molecule has 1 aliphatic carbocycles. The molecule has 1 aliphatic rings. The van der Waals surface area contributed by atoms with Crippen molar-refractivity contribution < 1.29 is 19.0 Å². The molecule has 8 nitrogen and oxygen atoms in total. The highest BCUT2D eigenvalue weighted by Gasteiger charge is 2.41. The monoisotopic (exact) mass is 544 g/mol. The van der Waals surface area contributed by atoms with E-state index in [-0.39, 0.29) is 17.8 Å². The number of carbonyl (C=O) groups is 1. The summed E-state index contributed by atoms with van der Waals surface area (Å²) in [4.78, 5) is 21.9. The third-order valence-electron chi connectivity index (χ3n) is 7.25. The number of aromatic nitrogens is 3. The van der Waals surface area contributed by atoms with Crippen LogP contribution >= 0.6 is 15.9 Å². The van der Waals surface area contributed by atoms with Gasteiger partial charge >= 0.3 is 5.97 Å². The lowest BCUT2D eigenvalue weighted by atomic mass is 9.68. The number of methoxy groups -OCH3 is 3. The number of fused-ring (bicyclic) bond motifs is 1. The quantitative estimate of drug-likeness (QED) is 0.369. The Kier molecular flexibility index (Phi) is 7.54. The first-order valence-electron chi connectivity index (χ1n) is 11.9. The van der Waals surface area contributed by atoms with E-state index >= 15 is 0 Å². The zero-order valence-electron chi connectivity index (χ0n) is 20.9. The van der Waals surface area contributed by atoms with Gasteiger partial charge in [0.2, 0.25) is 0 Å². The number of anilines is 1. The van der Waals surface area contributed by atoms with Gasteiger partial charge in [-0.1, -0.05) is 6.42 Å². The first kappa shape index (κ1) is 25.3. The van der Waals surface area contributed by atoms with Crippen LogP contribution in [0.15, 0.2) is 35.2 Å². The molecule has 9 heteroatoms. The van der Waals surface area contributed by atoms with Crippen LogP contribution < -0.4 is 14.8 Å². The molecule has 2 aromatic heterocycles. The minimum atomic E-state index is -0.524. The third-order valence-corrected chi connectivity index (χ3v) is 7.80. The summed E-state index contributed by atoms with van der Waals surface area (Å²) in [6.07, 6.45) is 7.74. The highest BCUT2D eigenvalue weighted by atomic mass is 79.9. The third kappa shape index (κ3) is 4.96. The molecular formula is C26H33BrN4O4. The maximum Gasteiger partial charge on any atom is 0.311 e. The zero-order chi connectivity index (χ0) is 25.2. The van der Waals surface area contributed by atoms with E-state index in [4.69, 9.17) is 19.2 Å². The molecule has 0 radical (unpaired) electrons. The van der Waals surface area contributed by atoms with Gasteiger partial charge in [-0.3, -0.25) is 9.20 Å². The molecule has 2 heterocycles. The molecule has 35 heavy (non-hydrogen) atoms. The van der Waals surface area contributed by atoms with Gasteiger partial charge in [0, 0.05) is 36.5 Å². The van der Waals surface area contributed by atoms with Crippen molar-refractivity contribution in [1.82, 2.24) is 14.4 Å². The molecular weight excluding hydrogens is 512 g/mol. The highest BCUT2D eigenvalue weighted by Crippen LogP contribution is 2.45. The number of nitrogens with one attached hydrogen (secondary N) is 1. The van der Waals surface area contributed by atoms with Crippen LogP contribution in [0, 0.1) is 11.3 Å². The molecule has 188 valence electrons. The van der Waals surface area contributed by atoms with Crippen LogP contribution in [0.3, 0.4) is 0 Å². The van der Waals surface area contributed by atoms with Gasteiger partial charge in [0.25, 0.3) is 0 Å². The summed E-state index contributed by atoms with van der Waals surface area (Å²) in [5.74, 6) is 3.55. The van der Waals surface area contributed by atoms with Crippen LogP contribution in [0.2, 0.25) is 0 Å². The molecule has 0 spiro atoms. The van der Waals surface area contributed by atoms with E-state index in [1.54, 1.807) is 20.4 Å². The van der Waals surface area contributed by atoms with Gasteiger partial charge in [-0.15, -0.1) is 0 Å². The molecule has 1 fully saturated rings. The lowest BCUT2D eigenvalue weighted by Crippen LogP contribution is -2.36. The number of esters is 1. The molecule has 4 rings (SSSR count). The van der Waals surface area contributed by atoms with Gasteiger partial charge in [-0.25, -0.2) is 9.97 Å². The van der Waals surface area contributed by atoms with E-state index in [0.29, 0.717) is 6.54 Å². The Balaban J connectivity index is 1.60. The van der Waals surface area contributed by atoms with Crippen LogP contribution in [0.5, 0.6) is 11.5 Å². The summed E-state index contributed by atoms with van der Waals surface area (Å²) in [5.41, 5.74) is 1.36. The Bertz CT molecular complexity index is 1210. The summed E-state index contributed by atoms with van der Waals surface area (Å²) in [6, 6.07) is 5.76. The zero-order valence-corrected chi connectivity index (χ0v) is 22.5. The summed E-state index contributed by atoms with van der Waals surface area (Å²) < 4.78 is 18.8. The molecule has 3 aromatic rings. The Morgan fingerprint density at radius 1 is 1.23 bits per heavy atom. The normalized spacial score (nSPS) is 18.3. The number of ether oxygens (including phenoxy) is 3. The van der Waals surface area contributed by atoms with Crippen LogP contribution in [-0.2, 0) is 16.1 Å². The summed E-state index contributed by atoms with van der Waals surface area (Å²) in [7, 11) is 4.75. The number of rotatable bonds is 8. The molecule has 2 atom stereocenters. The number of imidazole rings is 1. The molecule has 1 aromatic carbocycles. The second-order valence-corrected chi connectivity index (χ2v) is 10.3. The SMILES string of the molecule is COC(=O)C(C)(C)C1CCCC(c2nc(Br)c3c(NCc4ccc(OC)cc4OC)nccn23)C1. The largest absolute Gasteiger partial charge is 0.497 e. The lowest BCUT2D eigenvalue weighted by Gasteiger charge is -2.37.